The molecule has 0 aromatic rings. The number of unbranched alkanes of at least 4 members (excludes halogenated alkanes) is 1. The largest absolute Gasteiger partial charge is 0.481 e. The Hall–Kier alpha value is -0.280. The van der Waals surface area contributed by atoms with Crippen molar-refractivity contribution < 1.29 is 9.90 Å². The van der Waals surface area contributed by atoms with Crippen molar-refractivity contribution in [1.82, 2.24) is 4.90 Å². The van der Waals surface area contributed by atoms with Crippen molar-refractivity contribution in [2.75, 3.05) is 20.1 Å². The zero-order chi connectivity index (χ0) is 11.2. The molecule has 0 bridgehead atoms. The second kappa shape index (κ2) is 7.94. The third-order valence-electron chi connectivity index (χ3n) is 1.92. The van der Waals surface area contributed by atoms with E-state index < -0.39 is 5.97 Å². The highest BCUT2D eigenvalue weighted by molar-refractivity contribution is 5.85. The Kier molecular flexibility index (Phi) is 9.07. The van der Waals surface area contributed by atoms with Gasteiger partial charge in [0.25, 0.3) is 0 Å². The van der Waals surface area contributed by atoms with Crippen molar-refractivity contribution in [3.8, 4) is 0 Å². The lowest BCUT2D eigenvalue weighted by molar-refractivity contribution is -0.137. The van der Waals surface area contributed by atoms with Gasteiger partial charge in [-0.3, -0.25) is 4.79 Å². The SMILES string of the molecule is CN(CCCCC(=O)O)CC(C)(C)C.Cl. The minimum atomic E-state index is -0.691. The van der Waals surface area contributed by atoms with Gasteiger partial charge in [0, 0.05) is 13.0 Å². The maximum Gasteiger partial charge on any atom is 0.303 e. The summed E-state index contributed by atoms with van der Waals surface area (Å²) in [7, 11) is 2.09. The summed E-state index contributed by atoms with van der Waals surface area (Å²) in [4.78, 5) is 12.5. The fraction of sp³-hybridized carbons (Fsp3) is 0.909. The van der Waals surface area contributed by atoms with Crippen LogP contribution in [0, 0.1) is 5.41 Å². The van der Waals surface area contributed by atoms with Crippen LogP contribution >= 0.6 is 12.4 Å². The number of halogens is 1. The zero-order valence-corrected chi connectivity index (χ0v) is 11.1. The quantitative estimate of drug-likeness (QED) is 0.722. The van der Waals surface area contributed by atoms with Crippen LogP contribution in [-0.2, 0) is 4.79 Å². The number of nitrogens with zero attached hydrogens (tertiary/aromatic N) is 1. The maximum atomic E-state index is 10.3. The van der Waals surface area contributed by atoms with Crippen LogP contribution in [0.1, 0.15) is 40.0 Å². The van der Waals surface area contributed by atoms with E-state index in [0.29, 0.717) is 11.8 Å². The van der Waals surface area contributed by atoms with E-state index in [9.17, 15) is 4.79 Å². The predicted molar refractivity (Wildman–Crippen MR) is 65.7 cm³/mol. The van der Waals surface area contributed by atoms with Crippen molar-refractivity contribution in [3.63, 3.8) is 0 Å². The van der Waals surface area contributed by atoms with E-state index in [1.54, 1.807) is 0 Å². The van der Waals surface area contributed by atoms with Crippen molar-refractivity contribution in [2.24, 2.45) is 5.41 Å². The molecule has 0 heterocycles. The van der Waals surface area contributed by atoms with Crippen molar-refractivity contribution in [3.05, 3.63) is 0 Å². The Morgan fingerprint density at radius 3 is 2.20 bits per heavy atom. The summed E-state index contributed by atoms with van der Waals surface area (Å²) in [5.74, 6) is -0.691. The number of hydrogen-bond acceptors (Lipinski definition) is 2. The van der Waals surface area contributed by atoms with E-state index in [0.717, 1.165) is 25.9 Å². The molecular weight excluding hydrogens is 214 g/mol. The van der Waals surface area contributed by atoms with Gasteiger partial charge < -0.3 is 10.0 Å². The molecule has 0 saturated carbocycles. The molecule has 0 atom stereocenters. The fourth-order valence-corrected chi connectivity index (χ4v) is 1.55. The van der Waals surface area contributed by atoms with Gasteiger partial charge in [0.2, 0.25) is 0 Å². The molecule has 0 fully saturated rings. The second-order valence-corrected chi connectivity index (χ2v) is 5.15. The molecular formula is C11H24ClNO2. The van der Waals surface area contributed by atoms with Gasteiger partial charge in [-0.25, -0.2) is 0 Å². The molecule has 0 aliphatic carbocycles. The predicted octanol–water partition coefficient (Wildman–Crippen LogP) is 2.64. The minimum absolute atomic E-state index is 0. The third-order valence-corrected chi connectivity index (χ3v) is 1.92. The van der Waals surface area contributed by atoms with Crippen LogP contribution in [0.4, 0.5) is 0 Å². The Balaban J connectivity index is 0. The molecule has 0 aliphatic heterocycles. The molecule has 0 radical (unpaired) electrons. The Morgan fingerprint density at radius 2 is 1.80 bits per heavy atom. The van der Waals surface area contributed by atoms with E-state index in [2.05, 4.69) is 32.7 Å². The highest BCUT2D eigenvalue weighted by atomic mass is 35.5. The summed E-state index contributed by atoms with van der Waals surface area (Å²) in [6.07, 6.45) is 2.05. The summed E-state index contributed by atoms with van der Waals surface area (Å²) >= 11 is 0. The molecule has 0 aromatic carbocycles. The average Bonchev–Trinajstić information content (AvgIpc) is 1.94. The zero-order valence-electron chi connectivity index (χ0n) is 10.2. The molecule has 92 valence electrons. The first kappa shape index (κ1) is 17.1. The van der Waals surface area contributed by atoms with Gasteiger partial charge in [0.05, 0.1) is 0 Å². The molecule has 0 spiro atoms. The summed E-state index contributed by atoms with van der Waals surface area (Å²) in [5, 5.41) is 8.45. The number of aliphatic carboxylic acids is 1. The first-order valence-corrected chi connectivity index (χ1v) is 5.21. The van der Waals surface area contributed by atoms with E-state index in [1.165, 1.54) is 0 Å². The summed E-state index contributed by atoms with van der Waals surface area (Å²) in [5.41, 5.74) is 0.321. The Bertz CT molecular complexity index is 178. The van der Waals surface area contributed by atoms with Crippen LogP contribution in [0.3, 0.4) is 0 Å². The van der Waals surface area contributed by atoms with Crippen LogP contribution < -0.4 is 0 Å². The number of hydrogen-bond donors (Lipinski definition) is 1. The van der Waals surface area contributed by atoms with Crippen LogP contribution in [-0.4, -0.2) is 36.1 Å². The molecule has 0 aromatic heterocycles. The Morgan fingerprint density at radius 1 is 1.27 bits per heavy atom. The molecule has 0 unspecified atom stereocenters. The molecule has 0 rings (SSSR count). The molecule has 0 amide bonds. The first-order valence-electron chi connectivity index (χ1n) is 5.21. The van der Waals surface area contributed by atoms with Gasteiger partial charge in [-0.05, 0) is 31.8 Å². The monoisotopic (exact) mass is 237 g/mol. The molecule has 0 saturated heterocycles. The van der Waals surface area contributed by atoms with Gasteiger partial charge in [-0.15, -0.1) is 12.4 Å². The summed E-state index contributed by atoms with van der Waals surface area (Å²) < 4.78 is 0. The maximum absolute atomic E-state index is 10.3. The lowest BCUT2D eigenvalue weighted by Gasteiger charge is -2.26. The lowest BCUT2D eigenvalue weighted by atomic mass is 9.96. The van der Waals surface area contributed by atoms with E-state index in [4.69, 9.17) is 5.11 Å². The number of carboxylic acids is 1. The summed E-state index contributed by atoms with van der Waals surface area (Å²) in [6.45, 7) is 8.67. The third kappa shape index (κ3) is 13.7. The highest BCUT2D eigenvalue weighted by Gasteiger charge is 2.12. The smallest absolute Gasteiger partial charge is 0.303 e. The van der Waals surface area contributed by atoms with Gasteiger partial charge in [0.15, 0.2) is 0 Å². The molecule has 15 heavy (non-hydrogen) atoms. The molecule has 3 nitrogen and oxygen atoms in total. The first-order chi connectivity index (χ1) is 6.31. The lowest BCUT2D eigenvalue weighted by Crippen LogP contribution is -2.30. The fourth-order valence-electron chi connectivity index (χ4n) is 1.55. The minimum Gasteiger partial charge on any atom is -0.481 e. The molecule has 1 N–H and O–H groups in total. The van der Waals surface area contributed by atoms with Crippen molar-refractivity contribution in [1.29, 1.82) is 0 Å². The van der Waals surface area contributed by atoms with Crippen molar-refractivity contribution in [2.45, 2.75) is 40.0 Å². The van der Waals surface area contributed by atoms with Crippen LogP contribution in [0.2, 0.25) is 0 Å². The molecule has 0 aliphatic rings. The number of rotatable bonds is 6. The van der Waals surface area contributed by atoms with Gasteiger partial charge >= 0.3 is 5.97 Å². The van der Waals surface area contributed by atoms with E-state index >= 15 is 0 Å². The van der Waals surface area contributed by atoms with Crippen LogP contribution in [0.15, 0.2) is 0 Å². The van der Waals surface area contributed by atoms with E-state index in [-0.39, 0.29) is 12.4 Å². The highest BCUT2D eigenvalue weighted by Crippen LogP contribution is 2.14. The normalized spacial score (nSPS) is 11.3. The number of carbonyl (C=O) groups is 1. The van der Waals surface area contributed by atoms with Gasteiger partial charge in [-0.1, -0.05) is 20.8 Å². The van der Waals surface area contributed by atoms with Crippen molar-refractivity contribution >= 4 is 18.4 Å². The molecule has 4 heteroatoms. The van der Waals surface area contributed by atoms with Gasteiger partial charge in [0.1, 0.15) is 0 Å². The topological polar surface area (TPSA) is 40.5 Å². The number of carboxylic acid groups (broad SMARTS) is 1. The van der Waals surface area contributed by atoms with E-state index in [1.807, 2.05) is 0 Å². The average molecular weight is 238 g/mol. The Labute approximate surface area is 99.3 Å². The summed E-state index contributed by atoms with van der Waals surface area (Å²) in [6, 6.07) is 0. The second-order valence-electron chi connectivity index (χ2n) is 5.15. The van der Waals surface area contributed by atoms with Crippen LogP contribution in [0.25, 0.3) is 0 Å². The van der Waals surface area contributed by atoms with Crippen LogP contribution in [0.5, 0.6) is 0 Å². The standard InChI is InChI=1S/C11H23NO2.ClH/c1-11(2,3)9-12(4)8-6-5-7-10(13)14;/h5-9H2,1-4H3,(H,13,14);1H. The van der Waals surface area contributed by atoms with Gasteiger partial charge in [-0.2, -0.15) is 0 Å².